The van der Waals surface area contributed by atoms with Gasteiger partial charge in [0.15, 0.2) is 0 Å². The smallest absolute Gasteiger partial charge is 0.241 e. The summed E-state index contributed by atoms with van der Waals surface area (Å²) in [5.74, 6) is 0.734. The number of aromatic nitrogens is 1. The molecule has 2 N–H and O–H groups in total. The van der Waals surface area contributed by atoms with Gasteiger partial charge in [0.2, 0.25) is 10.0 Å². The third-order valence-electron chi connectivity index (χ3n) is 4.27. The Morgan fingerprint density at radius 3 is 2.50 bits per heavy atom. The third kappa shape index (κ3) is 3.76. The standard InChI is InChI=1S/C20H24N2O3S/c1-13-10-14(2)20(15(3)11-13)26(23,24)22-16(4)12-25-19-7-5-6-18-17(19)8-9-21-18/h5-11,16,21-22H,12H2,1-4H3/t16-/m0/s1. The lowest BCUT2D eigenvalue weighted by Crippen LogP contribution is -2.37. The molecule has 138 valence electrons. The molecule has 0 saturated heterocycles. The van der Waals surface area contributed by atoms with E-state index in [0.717, 1.165) is 33.3 Å². The number of aromatic amines is 1. The highest BCUT2D eigenvalue weighted by Crippen LogP contribution is 2.25. The van der Waals surface area contributed by atoms with Gasteiger partial charge in [-0.25, -0.2) is 13.1 Å². The second-order valence-electron chi connectivity index (χ2n) is 6.76. The Morgan fingerprint density at radius 1 is 1.12 bits per heavy atom. The maximum Gasteiger partial charge on any atom is 0.241 e. The Hall–Kier alpha value is -2.31. The van der Waals surface area contributed by atoms with Crippen LogP contribution in [-0.2, 0) is 10.0 Å². The molecule has 0 amide bonds. The number of ether oxygens (including phenoxy) is 1. The first-order valence-electron chi connectivity index (χ1n) is 8.57. The van der Waals surface area contributed by atoms with Gasteiger partial charge in [0.05, 0.1) is 10.9 Å². The van der Waals surface area contributed by atoms with Crippen LogP contribution in [0, 0.1) is 20.8 Å². The molecule has 1 aromatic heterocycles. The van der Waals surface area contributed by atoms with E-state index in [-0.39, 0.29) is 12.6 Å². The Morgan fingerprint density at radius 2 is 1.81 bits per heavy atom. The minimum atomic E-state index is -3.61. The molecule has 0 fully saturated rings. The van der Waals surface area contributed by atoms with Crippen LogP contribution in [0.3, 0.4) is 0 Å². The molecule has 5 nitrogen and oxygen atoms in total. The summed E-state index contributed by atoms with van der Waals surface area (Å²) in [5, 5.41) is 0.979. The van der Waals surface area contributed by atoms with Crippen molar-refractivity contribution in [1.29, 1.82) is 0 Å². The molecule has 0 aliphatic rings. The fourth-order valence-electron chi connectivity index (χ4n) is 3.35. The maximum atomic E-state index is 12.8. The Labute approximate surface area is 154 Å². The highest BCUT2D eigenvalue weighted by Gasteiger charge is 2.22. The zero-order valence-electron chi connectivity index (χ0n) is 15.5. The number of fused-ring (bicyclic) bond motifs is 1. The number of H-pyrrole nitrogens is 1. The summed E-state index contributed by atoms with van der Waals surface area (Å²) >= 11 is 0. The van der Waals surface area contributed by atoms with E-state index in [1.165, 1.54) is 0 Å². The van der Waals surface area contributed by atoms with Crippen LogP contribution in [0.5, 0.6) is 5.75 Å². The van der Waals surface area contributed by atoms with E-state index in [1.54, 1.807) is 6.92 Å². The summed E-state index contributed by atoms with van der Waals surface area (Å²) in [5.41, 5.74) is 3.54. The van der Waals surface area contributed by atoms with Crippen molar-refractivity contribution in [1.82, 2.24) is 9.71 Å². The van der Waals surface area contributed by atoms with Gasteiger partial charge in [-0.2, -0.15) is 0 Å². The van der Waals surface area contributed by atoms with Gasteiger partial charge in [0, 0.05) is 17.1 Å². The molecule has 3 aromatic rings. The molecule has 0 saturated carbocycles. The van der Waals surface area contributed by atoms with E-state index in [4.69, 9.17) is 4.74 Å². The van der Waals surface area contributed by atoms with E-state index < -0.39 is 10.0 Å². The highest BCUT2D eigenvalue weighted by atomic mass is 32.2. The second-order valence-corrected chi connectivity index (χ2v) is 8.41. The zero-order chi connectivity index (χ0) is 18.9. The van der Waals surface area contributed by atoms with Gasteiger partial charge in [0.25, 0.3) is 0 Å². The Bertz CT molecular complexity index is 1020. The normalized spacial score (nSPS) is 13.1. The number of nitrogens with one attached hydrogen (secondary N) is 2. The van der Waals surface area contributed by atoms with Crippen molar-refractivity contribution in [3.05, 3.63) is 59.3 Å². The van der Waals surface area contributed by atoms with Crippen molar-refractivity contribution < 1.29 is 13.2 Å². The quantitative estimate of drug-likeness (QED) is 0.691. The lowest BCUT2D eigenvalue weighted by atomic mass is 10.1. The minimum Gasteiger partial charge on any atom is -0.491 e. The topological polar surface area (TPSA) is 71.2 Å². The second kappa shape index (κ2) is 7.13. The average Bonchev–Trinajstić information content (AvgIpc) is 3.00. The third-order valence-corrected chi connectivity index (χ3v) is 6.17. The molecule has 1 atom stereocenters. The van der Waals surface area contributed by atoms with E-state index in [2.05, 4.69) is 9.71 Å². The van der Waals surface area contributed by atoms with Gasteiger partial charge in [-0.1, -0.05) is 23.8 Å². The van der Waals surface area contributed by atoms with Gasteiger partial charge in [-0.3, -0.25) is 0 Å². The fraction of sp³-hybridized carbons (Fsp3) is 0.300. The Kier molecular flexibility index (Phi) is 5.07. The number of aryl methyl sites for hydroxylation is 3. The largest absolute Gasteiger partial charge is 0.491 e. The molecule has 6 heteroatoms. The van der Waals surface area contributed by atoms with Crippen LogP contribution in [0.25, 0.3) is 10.9 Å². The van der Waals surface area contributed by atoms with Crippen molar-refractivity contribution in [3.8, 4) is 5.75 Å². The fourth-order valence-corrected chi connectivity index (χ4v) is 5.03. The van der Waals surface area contributed by atoms with Crippen molar-refractivity contribution >= 4 is 20.9 Å². The van der Waals surface area contributed by atoms with Crippen LogP contribution < -0.4 is 9.46 Å². The summed E-state index contributed by atoms with van der Waals surface area (Å²) in [7, 11) is -3.61. The monoisotopic (exact) mass is 372 g/mol. The molecule has 2 aromatic carbocycles. The molecular weight excluding hydrogens is 348 g/mol. The number of sulfonamides is 1. The number of hydrogen-bond donors (Lipinski definition) is 2. The number of rotatable bonds is 6. The predicted molar refractivity (Wildman–Crippen MR) is 104 cm³/mol. The molecule has 0 unspecified atom stereocenters. The van der Waals surface area contributed by atoms with Gasteiger partial charge < -0.3 is 9.72 Å². The first-order valence-corrected chi connectivity index (χ1v) is 10.1. The lowest BCUT2D eigenvalue weighted by molar-refractivity contribution is 0.290. The lowest BCUT2D eigenvalue weighted by Gasteiger charge is -2.18. The molecular formula is C20H24N2O3S. The van der Waals surface area contributed by atoms with Gasteiger partial charge >= 0.3 is 0 Å². The Balaban J connectivity index is 1.73. The number of hydrogen-bond acceptors (Lipinski definition) is 3. The first kappa shape index (κ1) is 18.5. The zero-order valence-corrected chi connectivity index (χ0v) is 16.3. The SMILES string of the molecule is Cc1cc(C)c(S(=O)(=O)N[C@@H](C)COc2cccc3[nH]ccc23)c(C)c1. The van der Waals surface area contributed by atoms with Crippen molar-refractivity contribution in [3.63, 3.8) is 0 Å². The summed E-state index contributed by atoms with van der Waals surface area (Å²) < 4.78 is 34.2. The molecule has 0 spiro atoms. The van der Waals surface area contributed by atoms with E-state index in [0.29, 0.717) is 4.90 Å². The molecule has 0 radical (unpaired) electrons. The number of benzene rings is 2. The van der Waals surface area contributed by atoms with E-state index >= 15 is 0 Å². The summed E-state index contributed by atoms with van der Waals surface area (Å²) in [6.07, 6.45) is 1.85. The van der Waals surface area contributed by atoms with Crippen LogP contribution in [-0.4, -0.2) is 26.1 Å². The minimum absolute atomic E-state index is 0.244. The van der Waals surface area contributed by atoms with E-state index in [1.807, 2.05) is 63.4 Å². The summed E-state index contributed by atoms with van der Waals surface area (Å²) in [6, 6.07) is 11.1. The van der Waals surface area contributed by atoms with Gasteiger partial charge in [0.1, 0.15) is 12.4 Å². The van der Waals surface area contributed by atoms with Crippen LogP contribution in [0.15, 0.2) is 47.5 Å². The van der Waals surface area contributed by atoms with Gasteiger partial charge in [-0.15, -0.1) is 0 Å². The molecule has 26 heavy (non-hydrogen) atoms. The van der Waals surface area contributed by atoms with Crippen molar-refractivity contribution in [2.75, 3.05) is 6.61 Å². The first-order chi connectivity index (χ1) is 12.3. The molecule has 0 aliphatic heterocycles. The molecule has 0 aliphatic carbocycles. The highest BCUT2D eigenvalue weighted by molar-refractivity contribution is 7.89. The van der Waals surface area contributed by atoms with Crippen LogP contribution in [0.2, 0.25) is 0 Å². The molecule has 0 bridgehead atoms. The van der Waals surface area contributed by atoms with Crippen LogP contribution in [0.1, 0.15) is 23.6 Å². The maximum absolute atomic E-state index is 12.8. The van der Waals surface area contributed by atoms with Crippen molar-refractivity contribution in [2.45, 2.75) is 38.6 Å². The van der Waals surface area contributed by atoms with Crippen LogP contribution in [0.4, 0.5) is 0 Å². The van der Waals surface area contributed by atoms with Gasteiger partial charge in [-0.05, 0) is 57.0 Å². The van der Waals surface area contributed by atoms with E-state index in [9.17, 15) is 8.42 Å². The van der Waals surface area contributed by atoms with Crippen molar-refractivity contribution in [2.24, 2.45) is 0 Å². The molecule has 3 rings (SSSR count). The summed E-state index contributed by atoms with van der Waals surface area (Å²) in [6.45, 7) is 7.65. The predicted octanol–water partition coefficient (Wildman–Crippen LogP) is 3.84. The molecule has 1 heterocycles. The van der Waals surface area contributed by atoms with Crippen LogP contribution >= 0.6 is 0 Å². The average molecular weight is 372 g/mol. The summed E-state index contributed by atoms with van der Waals surface area (Å²) in [4.78, 5) is 3.48.